The molecule has 0 bridgehead atoms. The van der Waals surface area contributed by atoms with Crippen molar-refractivity contribution in [3.63, 3.8) is 0 Å². The second-order valence-corrected chi connectivity index (χ2v) is 8.15. The molecule has 27 heavy (non-hydrogen) atoms. The summed E-state index contributed by atoms with van der Waals surface area (Å²) in [5.74, 6) is -0.491. The molecule has 1 saturated heterocycles. The maximum absolute atomic E-state index is 12.8. The number of nitrogens with one attached hydrogen (secondary N) is 1. The van der Waals surface area contributed by atoms with E-state index in [9.17, 15) is 13.2 Å². The molecule has 0 radical (unpaired) electrons. The Hall–Kier alpha value is -2.44. The lowest BCUT2D eigenvalue weighted by atomic mass is 10.1. The van der Waals surface area contributed by atoms with Crippen LogP contribution in [0.25, 0.3) is 0 Å². The van der Waals surface area contributed by atoms with Crippen molar-refractivity contribution in [2.75, 3.05) is 31.6 Å². The normalized spacial score (nSPS) is 15.1. The van der Waals surface area contributed by atoms with Gasteiger partial charge in [0.1, 0.15) is 0 Å². The van der Waals surface area contributed by atoms with Crippen LogP contribution in [0.15, 0.2) is 47.4 Å². The average molecular weight is 406 g/mol. The van der Waals surface area contributed by atoms with Crippen LogP contribution in [0.4, 0.5) is 5.69 Å². The van der Waals surface area contributed by atoms with Gasteiger partial charge in [-0.25, -0.2) is 8.42 Å². The molecule has 7 nitrogen and oxygen atoms in total. The predicted molar refractivity (Wildman–Crippen MR) is 100 cm³/mol. The van der Waals surface area contributed by atoms with E-state index in [1.165, 1.54) is 28.6 Å². The van der Waals surface area contributed by atoms with Crippen LogP contribution in [0.1, 0.15) is 15.9 Å². The molecule has 1 aliphatic rings. The SMILES string of the molecule is N#Cc1cccc(C(=O)Nc2cc(S(=O)(=O)N3CCOCC3)ccc2Cl)c1. The number of benzene rings is 2. The van der Waals surface area contributed by atoms with Gasteiger partial charge in [0.15, 0.2) is 0 Å². The third-order valence-electron chi connectivity index (χ3n) is 4.05. The molecule has 9 heteroatoms. The number of sulfonamides is 1. The molecular formula is C18H16ClN3O4S. The molecule has 0 spiro atoms. The summed E-state index contributed by atoms with van der Waals surface area (Å²) >= 11 is 6.13. The zero-order chi connectivity index (χ0) is 19.4. The fraction of sp³-hybridized carbons (Fsp3) is 0.222. The quantitative estimate of drug-likeness (QED) is 0.842. The lowest BCUT2D eigenvalue weighted by Crippen LogP contribution is -2.40. The van der Waals surface area contributed by atoms with Gasteiger partial charge in [0.2, 0.25) is 10.0 Å². The summed E-state index contributed by atoms with van der Waals surface area (Å²) in [6, 6.07) is 12.3. The van der Waals surface area contributed by atoms with E-state index in [1.54, 1.807) is 18.2 Å². The van der Waals surface area contributed by atoms with Crippen molar-refractivity contribution in [1.82, 2.24) is 4.31 Å². The molecule has 0 unspecified atom stereocenters. The first-order valence-electron chi connectivity index (χ1n) is 8.11. The van der Waals surface area contributed by atoms with Crippen LogP contribution in [-0.4, -0.2) is 44.9 Å². The molecule has 2 aromatic rings. The highest BCUT2D eigenvalue weighted by Gasteiger charge is 2.27. The minimum absolute atomic E-state index is 0.0369. The first-order chi connectivity index (χ1) is 12.9. The van der Waals surface area contributed by atoms with E-state index in [-0.39, 0.29) is 34.3 Å². The number of ether oxygens (including phenoxy) is 1. The molecule has 1 aliphatic heterocycles. The number of carbonyl (C=O) groups excluding carboxylic acids is 1. The van der Waals surface area contributed by atoms with Crippen LogP contribution in [0.3, 0.4) is 0 Å². The van der Waals surface area contributed by atoms with Gasteiger partial charge in [-0.05, 0) is 36.4 Å². The van der Waals surface area contributed by atoms with Gasteiger partial charge in [0, 0.05) is 18.7 Å². The van der Waals surface area contributed by atoms with Crippen LogP contribution >= 0.6 is 11.6 Å². The minimum atomic E-state index is -3.71. The fourth-order valence-corrected chi connectivity index (χ4v) is 4.22. The van der Waals surface area contributed by atoms with Crippen LogP contribution in [-0.2, 0) is 14.8 Å². The molecule has 2 aromatic carbocycles. The molecule has 140 valence electrons. The summed E-state index contributed by atoms with van der Waals surface area (Å²) in [5, 5.41) is 11.8. The zero-order valence-corrected chi connectivity index (χ0v) is 15.8. The van der Waals surface area contributed by atoms with Crippen molar-refractivity contribution in [1.29, 1.82) is 5.26 Å². The summed E-state index contributed by atoms with van der Waals surface area (Å²) in [6.45, 7) is 1.22. The highest BCUT2D eigenvalue weighted by Crippen LogP contribution is 2.28. The zero-order valence-electron chi connectivity index (χ0n) is 14.2. The van der Waals surface area contributed by atoms with E-state index < -0.39 is 15.9 Å². The van der Waals surface area contributed by atoms with Crippen molar-refractivity contribution >= 4 is 33.2 Å². The highest BCUT2D eigenvalue weighted by atomic mass is 35.5. The van der Waals surface area contributed by atoms with Gasteiger partial charge >= 0.3 is 0 Å². The van der Waals surface area contributed by atoms with E-state index in [0.717, 1.165) is 0 Å². The van der Waals surface area contributed by atoms with Crippen LogP contribution < -0.4 is 5.32 Å². The Balaban J connectivity index is 1.87. The van der Waals surface area contributed by atoms with Gasteiger partial charge < -0.3 is 10.1 Å². The Morgan fingerprint density at radius 2 is 1.93 bits per heavy atom. The summed E-state index contributed by atoms with van der Waals surface area (Å²) in [5.41, 5.74) is 0.794. The van der Waals surface area contributed by atoms with Gasteiger partial charge in [-0.1, -0.05) is 17.7 Å². The number of carbonyl (C=O) groups is 1. The molecule has 3 rings (SSSR count). The molecule has 1 N–H and O–H groups in total. The molecule has 1 fully saturated rings. The lowest BCUT2D eigenvalue weighted by molar-refractivity contribution is 0.0730. The number of nitrogens with zero attached hydrogens (tertiary/aromatic N) is 2. The Kier molecular flexibility index (Phi) is 5.77. The van der Waals surface area contributed by atoms with Crippen molar-refractivity contribution in [2.45, 2.75) is 4.90 Å². The number of rotatable bonds is 4. The maximum Gasteiger partial charge on any atom is 0.255 e. The van der Waals surface area contributed by atoms with E-state index in [0.29, 0.717) is 18.8 Å². The Morgan fingerprint density at radius 3 is 2.63 bits per heavy atom. The topological polar surface area (TPSA) is 99.5 Å². The average Bonchev–Trinajstić information content (AvgIpc) is 2.70. The Labute approximate surface area is 162 Å². The second-order valence-electron chi connectivity index (χ2n) is 5.80. The minimum Gasteiger partial charge on any atom is -0.379 e. The first-order valence-corrected chi connectivity index (χ1v) is 9.92. The number of halogens is 1. The molecule has 1 amide bonds. The highest BCUT2D eigenvalue weighted by molar-refractivity contribution is 7.89. The predicted octanol–water partition coefficient (Wildman–Crippen LogP) is 2.48. The van der Waals surface area contributed by atoms with E-state index in [1.807, 2.05) is 6.07 Å². The third kappa shape index (κ3) is 4.28. The van der Waals surface area contributed by atoms with Crippen LogP contribution in [0.2, 0.25) is 5.02 Å². The Morgan fingerprint density at radius 1 is 1.19 bits per heavy atom. The summed E-state index contributed by atoms with van der Waals surface area (Å²) in [7, 11) is -3.71. The van der Waals surface area contributed by atoms with E-state index in [4.69, 9.17) is 21.6 Å². The van der Waals surface area contributed by atoms with Crippen molar-refractivity contribution in [3.8, 4) is 6.07 Å². The smallest absolute Gasteiger partial charge is 0.255 e. The number of nitriles is 1. The van der Waals surface area contributed by atoms with Gasteiger partial charge in [-0.3, -0.25) is 4.79 Å². The lowest BCUT2D eigenvalue weighted by Gasteiger charge is -2.26. The monoisotopic (exact) mass is 405 g/mol. The first kappa shape index (κ1) is 19.3. The molecule has 0 saturated carbocycles. The summed E-state index contributed by atoms with van der Waals surface area (Å²) in [4.78, 5) is 12.5. The standard InChI is InChI=1S/C18H16ClN3O4S/c19-16-5-4-15(27(24,25)22-6-8-26-9-7-22)11-17(16)21-18(23)14-3-1-2-13(10-14)12-20/h1-5,10-11H,6-9H2,(H,21,23). The van der Waals surface area contributed by atoms with Crippen molar-refractivity contribution in [3.05, 3.63) is 58.6 Å². The van der Waals surface area contributed by atoms with Gasteiger partial charge in [-0.15, -0.1) is 0 Å². The summed E-state index contributed by atoms with van der Waals surface area (Å²) < 4.78 is 32.1. The van der Waals surface area contributed by atoms with E-state index >= 15 is 0 Å². The third-order valence-corrected chi connectivity index (χ3v) is 6.27. The molecule has 1 heterocycles. The number of morpholine rings is 1. The molecule has 0 aromatic heterocycles. The second kappa shape index (κ2) is 8.06. The number of hydrogen-bond acceptors (Lipinski definition) is 5. The maximum atomic E-state index is 12.8. The van der Waals surface area contributed by atoms with Crippen molar-refractivity contribution in [2.24, 2.45) is 0 Å². The molecular weight excluding hydrogens is 390 g/mol. The Bertz CT molecular complexity index is 1010. The van der Waals surface area contributed by atoms with Crippen LogP contribution in [0, 0.1) is 11.3 Å². The molecule has 0 atom stereocenters. The van der Waals surface area contributed by atoms with Crippen molar-refractivity contribution < 1.29 is 17.9 Å². The van der Waals surface area contributed by atoms with E-state index in [2.05, 4.69) is 5.32 Å². The number of amides is 1. The number of anilines is 1. The van der Waals surface area contributed by atoms with Gasteiger partial charge in [0.05, 0.1) is 40.5 Å². The fourth-order valence-electron chi connectivity index (χ4n) is 2.62. The molecule has 0 aliphatic carbocycles. The van der Waals surface area contributed by atoms with Crippen LogP contribution in [0.5, 0.6) is 0 Å². The van der Waals surface area contributed by atoms with Gasteiger partial charge in [-0.2, -0.15) is 9.57 Å². The van der Waals surface area contributed by atoms with Gasteiger partial charge in [0.25, 0.3) is 5.91 Å². The summed E-state index contributed by atoms with van der Waals surface area (Å²) in [6.07, 6.45) is 0. The largest absolute Gasteiger partial charge is 0.379 e. The number of hydrogen-bond donors (Lipinski definition) is 1.